The highest BCUT2D eigenvalue weighted by Gasteiger charge is 2.21. The van der Waals surface area contributed by atoms with Gasteiger partial charge in [-0.25, -0.2) is 14.8 Å². The zero-order valence-corrected chi connectivity index (χ0v) is 11.8. The van der Waals surface area contributed by atoms with Crippen molar-refractivity contribution in [3.05, 3.63) is 23.8 Å². The Morgan fingerprint density at radius 3 is 2.70 bits per heavy atom. The third-order valence-corrected chi connectivity index (χ3v) is 2.73. The highest BCUT2D eigenvalue weighted by atomic mass is 16.5. The number of ether oxygens (including phenoxy) is 1. The Labute approximate surface area is 117 Å². The molecule has 20 heavy (non-hydrogen) atoms. The van der Waals surface area contributed by atoms with Gasteiger partial charge in [-0.05, 0) is 12.3 Å². The predicted molar refractivity (Wildman–Crippen MR) is 71.1 cm³/mol. The molecule has 1 atom stereocenters. The number of aromatic carboxylic acids is 1. The van der Waals surface area contributed by atoms with Gasteiger partial charge in [0.2, 0.25) is 0 Å². The SMILES string of the molecule is COC(=O)C(CC(C)C)NCc1ncncc1C(=O)O. The monoisotopic (exact) mass is 281 g/mol. The van der Waals surface area contributed by atoms with E-state index in [9.17, 15) is 9.59 Å². The van der Waals surface area contributed by atoms with Gasteiger partial charge < -0.3 is 9.84 Å². The van der Waals surface area contributed by atoms with E-state index >= 15 is 0 Å². The summed E-state index contributed by atoms with van der Waals surface area (Å²) in [6.07, 6.45) is 3.11. The Bertz CT molecular complexity index is 476. The second-order valence-electron chi connectivity index (χ2n) is 4.77. The summed E-state index contributed by atoms with van der Waals surface area (Å²) >= 11 is 0. The summed E-state index contributed by atoms with van der Waals surface area (Å²) in [6.45, 7) is 4.15. The number of rotatable bonds is 7. The van der Waals surface area contributed by atoms with Gasteiger partial charge in [0, 0.05) is 12.7 Å². The number of carboxylic acid groups (broad SMARTS) is 1. The van der Waals surface area contributed by atoms with E-state index in [0.29, 0.717) is 18.0 Å². The summed E-state index contributed by atoms with van der Waals surface area (Å²) in [4.78, 5) is 30.3. The number of hydrogen-bond acceptors (Lipinski definition) is 6. The van der Waals surface area contributed by atoms with Crippen molar-refractivity contribution in [2.24, 2.45) is 5.92 Å². The van der Waals surface area contributed by atoms with Gasteiger partial charge >= 0.3 is 11.9 Å². The summed E-state index contributed by atoms with van der Waals surface area (Å²) < 4.78 is 4.73. The van der Waals surface area contributed by atoms with Crippen LogP contribution in [0.4, 0.5) is 0 Å². The summed E-state index contributed by atoms with van der Waals surface area (Å²) in [5.41, 5.74) is 0.360. The van der Waals surface area contributed by atoms with E-state index in [1.807, 2.05) is 13.8 Å². The maximum absolute atomic E-state index is 11.7. The molecule has 0 fully saturated rings. The van der Waals surface area contributed by atoms with E-state index in [4.69, 9.17) is 9.84 Å². The van der Waals surface area contributed by atoms with Crippen molar-refractivity contribution in [2.75, 3.05) is 7.11 Å². The van der Waals surface area contributed by atoms with Gasteiger partial charge in [-0.3, -0.25) is 10.1 Å². The van der Waals surface area contributed by atoms with Crippen molar-refractivity contribution in [1.82, 2.24) is 15.3 Å². The molecule has 0 bridgehead atoms. The molecule has 110 valence electrons. The molecule has 1 unspecified atom stereocenters. The average molecular weight is 281 g/mol. The van der Waals surface area contributed by atoms with E-state index < -0.39 is 12.0 Å². The molecule has 1 aromatic heterocycles. The quantitative estimate of drug-likeness (QED) is 0.714. The number of esters is 1. The number of carbonyl (C=O) groups excluding carboxylic acids is 1. The molecule has 0 aliphatic rings. The molecule has 0 saturated heterocycles. The fourth-order valence-corrected chi connectivity index (χ4v) is 1.77. The van der Waals surface area contributed by atoms with Crippen LogP contribution in [-0.2, 0) is 16.1 Å². The number of nitrogens with zero attached hydrogens (tertiary/aromatic N) is 2. The number of carbonyl (C=O) groups is 2. The first-order valence-corrected chi connectivity index (χ1v) is 6.29. The molecule has 1 rings (SSSR count). The van der Waals surface area contributed by atoms with Crippen LogP contribution < -0.4 is 5.32 Å². The Morgan fingerprint density at radius 2 is 2.15 bits per heavy atom. The minimum atomic E-state index is -1.10. The van der Waals surface area contributed by atoms with E-state index in [0.717, 1.165) is 0 Å². The number of methoxy groups -OCH3 is 1. The lowest BCUT2D eigenvalue weighted by molar-refractivity contribution is -0.143. The van der Waals surface area contributed by atoms with Crippen LogP contribution in [-0.4, -0.2) is 40.2 Å². The van der Waals surface area contributed by atoms with E-state index in [2.05, 4.69) is 15.3 Å². The first kappa shape index (κ1) is 16.0. The molecule has 2 N–H and O–H groups in total. The fourth-order valence-electron chi connectivity index (χ4n) is 1.77. The third-order valence-electron chi connectivity index (χ3n) is 2.73. The van der Waals surface area contributed by atoms with Gasteiger partial charge in [0.05, 0.1) is 12.8 Å². The Hall–Kier alpha value is -2.02. The van der Waals surface area contributed by atoms with Crippen molar-refractivity contribution >= 4 is 11.9 Å². The Morgan fingerprint density at radius 1 is 1.45 bits per heavy atom. The van der Waals surface area contributed by atoms with Crippen LogP contribution in [0.3, 0.4) is 0 Å². The van der Waals surface area contributed by atoms with Gasteiger partial charge in [-0.2, -0.15) is 0 Å². The molecule has 0 aliphatic heterocycles. The van der Waals surface area contributed by atoms with Crippen molar-refractivity contribution in [2.45, 2.75) is 32.9 Å². The van der Waals surface area contributed by atoms with Crippen molar-refractivity contribution < 1.29 is 19.4 Å². The van der Waals surface area contributed by atoms with Gasteiger partial charge in [0.15, 0.2) is 0 Å². The summed E-state index contributed by atoms with van der Waals surface area (Å²) in [5, 5.41) is 12.0. The molecule has 0 amide bonds. The van der Waals surface area contributed by atoms with Crippen molar-refractivity contribution in [1.29, 1.82) is 0 Å². The second kappa shape index (κ2) is 7.54. The number of carboxylic acids is 1. The highest BCUT2D eigenvalue weighted by Crippen LogP contribution is 2.09. The fraction of sp³-hybridized carbons (Fsp3) is 0.538. The molecule has 7 nitrogen and oxygen atoms in total. The normalized spacial score (nSPS) is 12.2. The largest absolute Gasteiger partial charge is 0.478 e. The lowest BCUT2D eigenvalue weighted by Gasteiger charge is -2.18. The van der Waals surface area contributed by atoms with Gasteiger partial charge in [-0.1, -0.05) is 13.8 Å². The summed E-state index contributed by atoms with van der Waals surface area (Å²) in [5.74, 6) is -1.17. The topological polar surface area (TPSA) is 101 Å². The minimum Gasteiger partial charge on any atom is -0.478 e. The zero-order valence-electron chi connectivity index (χ0n) is 11.8. The predicted octanol–water partition coefficient (Wildman–Crippen LogP) is 0.852. The van der Waals surface area contributed by atoms with E-state index in [-0.39, 0.29) is 18.1 Å². The van der Waals surface area contributed by atoms with Gasteiger partial charge in [0.1, 0.15) is 17.9 Å². The lowest BCUT2D eigenvalue weighted by atomic mass is 10.0. The summed E-state index contributed by atoms with van der Waals surface area (Å²) in [6, 6.07) is -0.489. The van der Waals surface area contributed by atoms with Crippen molar-refractivity contribution in [3.8, 4) is 0 Å². The highest BCUT2D eigenvalue weighted by molar-refractivity contribution is 5.88. The van der Waals surface area contributed by atoms with Crippen LogP contribution >= 0.6 is 0 Å². The van der Waals surface area contributed by atoms with Crippen LogP contribution in [0.1, 0.15) is 36.3 Å². The summed E-state index contributed by atoms with van der Waals surface area (Å²) in [7, 11) is 1.32. The average Bonchev–Trinajstić information content (AvgIpc) is 2.42. The van der Waals surface area contributed by atoms with Crippen LogP contribution in [0.25, 0.3) is 0 Å². The number of hydrogen-bond donors (Lipinski definition) is 2. The standard InChI is InChI=1S/C13H19N3O4/c1-8(2)4-10(13(19)20-3)15-6-11-9(12(17)18)5-14-7-16-11/h5,7-8,10,15H,4,6H2,1-3H3,(H,17,18). The molecular weight excluding hydrogens is 262 g/mol. The first-order chi connectivity index (χ1) is 9.45. The van der Waals surface area contributed by atoms with Crippen LogP contribution in [0.5, 0.6) is 0 Å². The molecule has 0 aromatic carbocycles. The Kier molecular flexibility index (Phi) is 6.05. The van der Waals surface area contributed by atoms with Crippen molar-refractivity contribution in [3.63, 3.8) is 0 Å². The minimum absolute atomic E-state index is 0.0214. The van der Waals surface area contributed by atoms with Crippen LogP contribution in [0, 0.1) is 5.92 Å². The van der Waals surface area contributed by atoms with E-state index in [1.54, 1.807) is 0 Å². The van der Waals surface area contributed by atoms with Gasteiger partial charge in [-0.15, -0.1) is 0 Å². The molecule has 1 aromatic rings. The molecule has 0 aliphatic carbocycles. The lowest BCUT2D eigenvalue weighted by Crippen LogP contribution is -2.38. The number of aromatic nitrogens is 2. The van der Waals surface area contributed by atoms with E-state index in [1.165, 1.54) is 19.6 Å². The molecule has 0 radical (unpaired) electrons. The maximum atomic E-state index is 11.7. The second-order valence-corrected chi connectivity index (χ2v) is 4.77. The molecule has 0 spiro atoms. The smallest absolute Gasteiger partial charge is 0.339 e. The van der Waals surface area contributed by atoms with Crippen LogP contribution in [0.15, 0.2) is 12.5 Å². The maximum Gasteiger partial charge on any atom is 0.339 e. The molecule has 7 heteroatoms. The molecular formula is C13H19N3O4. The number of nitrogens with one attached hydrogen (secondary N) is 1. The zero-order chi connectivity index (χ0) is 15.1. The van der Waals surface area contributed by atoms with Crippen LogP contribution in [0.2, 0.25) is 0 Å². The Balaban J connectivity index is 2.77. The molecule has 1 heterocycles. The third kappa shape index (κ3) is 4.58. The first-order valence-electron chi connectivity index (χ1n) is 6.29. The molecule has 0 saturated carbocycles. The van der Waals surface area contributed by atoms with Gasteiger partial charge in [0.25, 0.3) is 0 Å².